The van der Waals surface area contributed by atoms with Crippen LogP contribution in [0.3, 0.4) is 0 Å². The minimum Gasteiger partial charge on any atom is -0.507 e. The summed E-state index contributed by atoms with van der Waals surface area (Å²) in [6, 6.07) is 12.3. The summed E-state index contributed by atoms with van der Waals surface area (Å²) in [7, 11) is 0. The number of aliphatic hydroxyl groups is 1. The summed E-state index contributed by atoms with van der Waals surface area (Å²) in [5.74, 6) is -1.60. The molecule has 1 amide bonds. The number of rotatable bonds is 3. The molecule has 0 aliphatic carbocycles. The van der Waals surface area contributed by atoms with Crippen molar-refractivity contribution in [2.75, 3.05) is 4.90 Å². The Kier molecular flexibility index (Phi) is 5.35. The fourth-order valence-electron chi connectivity index (χ4n) is 4.02. The van der Waals surface area contributed by atoms with Crippen molar-refractivity contribution in [3.63, 3.8) is 0 Å². The monoisotopic (exact) mass is 494 g/mol. The SMILES string of the molecule is Cc1ccc(C)c(/C(O)=C2\C(=O)C(=O)N(c3nc4cc(Cl)c(C)cc4s3)C2c2cccs2)c1. The number of aliphatic hydroxyl groups excluding tert-OH is 1. The molecule has 2 aromatic heterocycles. The van der Waals surface area contributed by atoms with E-state index >= 15 is 0 Å². The number of benzene rings is 2. The molecule has 2 aromatic carbocycles. The second-order valence-corrected chi connectivity index (χ2v) is 10.5. The van der Waals surface area contributed by atoms with Gasteiger partial charge in [0, 0.05) is 15.5 Å². The molecule has 33 heavy (non-hydrogen) atoms. The van der Waals surface area contributed by atoms with Gasteiger partial charge in [0.05, 0.1) is 15.8 Å². The van der Waals surface area contributed by atoms with Crippen LogP contribution in [0.15, 0.2) is 53.4 Å². The number of thiophene rings is 1. The Morgan fingerprint density at radius 1 is 1.09 bits per heavy atom. The lowest BCUT2D eigenvalue weighted by molar-refractivity contribution is -0.132. The summed E-state index contributed by atoms with van der Waals surface area (Å²) in [4.78, 5) is 33.4. The van der Waals surface area contributed by atoms with E-state index in [1.807, 2.05) is 62.5 Å². The Morgan fingerprint density at radius 2 is 1.88 bits per heavy atom. The van der Waals surface area contributed by atoms with Crippen LogP contribution in [0.1, 0.15) is 33.2 Å². The van der Waals surface area contributed by atoms with E-state index < -0.39 is 17.7 Å². The van der Waals surface area contributed by atoms with Gasteiger partial charge in [-0.1, -0.05) is 46.7 Å². The number of ketones is 1. The number of Topliss-reactive ketones (excluding diaryl/α,β-unsaturated/α-hetero) is 1. The van der Waals surface area contributed by atoms with Crippen LogP contribution in [0.25, 0.3) is 16.0 Å². The molecule has 1 fully saturated rings. The van der Waals surface area contributed by atoms with Crippen LogP contribution in [0.5, 0.6) is 0 Å². The molecule has 4 aromatic rings. The number of fused-ring (bicyclic) bond motifs is 1. The first-order chi connectivity index (χ1) is 15.8. The van der Waals surface area contributed by atoms with Gasteiger partial charge < -0.3 is 5.11 Å². The summed E-state index contributed by atoms with van der Waals surface area (Å²) in [5, 5.41) is 14.2. The number of anilines is 1. The van der Waals surface area contributed by atoms with Gasteiger partial charge in [-0.25, -0.2) is 4.98 Å². The number of aryl methyl sites for hydroxylation is 3. The molecule has 0 radical (unpaired) electrons. The lowest BCUT2D eigenvalue weighted by atomic mass is 9.96. The second-order valence-electron chi connectivity index (χ2n) is 8.07. The molecule has 1 saturated heterocycles. The van der Waals surface area contributed by atoms with Gasteiger partial charge in [-0.2, -0.15) is 0 Å². The van der Waals surface area contributed by atoms with Gasteiger partial charge in [0.1, 0.15) is 11.8 Å². The molecule has 1 N–H and O–H groups in total. The lowest BCUT2D eigenvalue weighted by Gasteiger charge is -2.21. The Morgan fingerprint density at radius 3 is 2.61 bits per heavy atom. The van der Waals surface area contributed by atoms with Gasteiger partial charge in [0.15, 0.2) is 5.13 Å². The van der Waals surface area contributed by atoms with E-state index in [-0.39, 0.29) is 11.3 Å². The normalized spacial score (nSPS) is 17.9. The van der Waals surface area contributed by atoms with E-state index in [9.17, 15) is 14.7 Å². The minimum atomic E-state index is -0.762. The molecule has 1 aliphatic rings. The highest BCUT2D eigenvalue weighted by Crippen LogP contribution is 2.46. The number of aromatic nitrogens is 1. The third-order valence-corrected chi connectivity index (χ3v) is 8.12. The van der Waals surface area contributed by atoms with Gasteiger partial charge in [0.25, 0.3) is 5.78 Å². The number of halogens is 1. The Hall–Kier alpha value is -3.00. The number of hydrogen-bond acceptors (Lipinski definition) is 6. The predicted octanol–water partition coefficient (Wildman–Crippen LogP) is 6.56. The highest BCUT2D eigenvalue weighted by molar-refractivity contribution is 7.22. The third kappa shape index (κ3) is 3.57. The van der Waals surface area contributed by atoms with Crippen LogP contribution >= 0.6 is 34.3 Å². The molecule has 0 spiro atoms. The largest absolute Gasteiger partial charge is 0.507 e. The number of nitrogens with zero attached hydrogens (tertiary/aromatic N) is 2. The molecule has 0 bridgehead atoms. The van der Waals surface area contributed by atoms with Gasteiger partial charge in [-0.3, -0.25) is 14.5 Å². The highest BCUT2D eigenvalue weighted by atomic mass is 35.5. The van der Waals surface area contributed by atoms with E-state index in [1.165, 1.54) is 27.6 Å². The number of thiazole rings is 1. The minimum absolute atomic E-state index is 0.0737. The van der Waals surface area contributed by atoms with Crippen molar-refractivity contribution < 1.29 is 14.7 Å². The summed E-state index contributed by atoms with van der Waals surface area (Å²) in [6.45, 7) is 5.69. The average Bonchev–Trinajstić information content (AvgIpc) is 3.49. The molecule has 1 unspecified atom stereocenters. The number of hydrogen-bond donors (Lipinski definition) is 1. The topological polar surface area (TPSA) is 70.5 Å². The van der Waals surface area contributed by atoms with Crippen LogP contribution < -0.4 is 4.90 Å². The van der Waals surface area contributed by atoms with E-state index in [2.05, 4.69) is 4.98 Å². The predicted molar refractivity (Wildman–Crippen MR) is 134 cm³/mol. The molecular formula is C25H19ClN2O3S2. The Bertz CT molecular complexity index is 1430. The maximum atomic E-state index is 13.3. The van der Waals surface area contributed by atoms with Gasteiger partial charge in [-0.15, -0.1) is 11.3 Å². The Balaban J connectivity index is 1.74. The van der Waals surface area contributed by atoms with E-state index in [0.29, 0.717) is 21.2 Å². The first-order valence-electron chi connectivity index (χ1n) is 10.2. The standard InChI is InChI=1S/C25H19ClN2O3S2/c1-12-6-7-13(2)15(9-12)22(29)20-21(18-5-4-8-32-18)28(24(31)23(20)30)25-27-17-11-16(26)14(3)10-19(17)33-25/h4-11,21,29H,1-3H3/b22-20+. The van der Waals surface area contributed by atoms with Crippen molar-refractivity contribution in [3.05, 3.63) is 85.6 Å². The van der Waals surface area contributed by atoms with Crippen molar-refractivity contribution in [2.45, 2.75) is 26.8 Å². The van der Waals surface area contributed by atoms with Gasteiger partial charge in [0.2, 0.25) is 0 Å². The van der Waals surface area contributed by atoms with Gasteiger partial charge >= 0.3 is 5.91 Å². The highest BCUT2D eigenvalue weighted by Gasteiger charge is 2.48. The fourth-order valence-corrected chi connectivity index (χ4v) is 6.08. The molecule has 1 atom stereocenters. The molecule has 5 rings (SSSR count). The summed E-state index contributed by atoms with van der Waals surface area (Å²) in [5.41, 5.74) is 3.95. The summed E-state index contributed by atoms with van der Waals surface area (Å²) in [6.07, 6.45) is 0. The van der Waals surface area contributed by atoms with Gasteiger partial charge in [-0.05, 0) is 61.5 Å². The number of carbonyl (C=O) groups is 2. The number of amides is 1. The van der Waals surface area contributed by atoms with Crippen molar-refractivity contribution in [1.29, 1.82) is 0 Å². The average molecular weight is 495 g/mol. The molecule has 5 nitrogen and oxygen atoms in total. The van der Waals surface area contributed by atoms with Crippen LogP contribution in [0, 0.1) is 20.8 Å². The van der Waals surface area contributed by atoms with Crippen LogP contribution in [-0.4, -0.2) is 21.8 Å². The molecule has 3 heterocycles. The maximum Gasteiger partial charge on any atom is 0.301 e. The van der Waals surface area contributed by atoms with Crippen molar-refractivity contribution in [3.8, 4) is 0 Å². The number of carbonyl (C=O) groups excluding carboxylic acids is 2. The summed E-state index contributed by atoms with van der Waals surface area (Å²) < 4.78 is 0.869. The Labute approximate surface area is 203 Å². The first-order valence-corrected chi connectivity index (χ1v) is 12.3. The zero-order valence-corrected chi connectivity index (χ0v) is 20.4. The van der Waals surface area contributed by atoms with E-state index in [0.717, 1.165) is 26.3 Å². The molecule has 166 valence electrons. The first kappa shape index (κ1) is 21.8. The fraction of sp³-hybridized carbons (Fsp3) is 0.160. The van der Waals surface area contributed by atoms with E-state index in [4.69, 9.17) is 11.6 Å². The summed E-state index contributed by atoms with van der Waals surface area (Å²) >= 11 is 9.01. The molecule has 8 heteroatoms. The lowest BCUT2D eigenvalue weighted by Crippen LogP contribution is -2.28. The van der Waals surface area contributed by atoms with Crippen molar-refractivity contribution in [2.24, 2.45) is 0 Å². The van der Waals surface area contributed by atoms with Crippen molar-refractivity contribution in [1.82, 2.24) is 4.98 Å². The van der Waals surface area contributed by atoms with Crippen molar-refractivity contribution >= 4 is 67.1 Å². The smallest absolute Gasteiger partial charge is 0.301 e. The zero-order chi connectivity index (χ0) is 23.4. The molecule has 0 saturated carbocycles. The van der Waals surface area contributed by atoms with Crippen LogP contribution in [0.2, 0.25) is 5.02 Å². The third-order valence-electron chi connectivity index (χ3n) is 5.77. The molecular weight excluding hydrogens is 476 g/mol. The van der Waals surface area contributed by atoms with Crippen LogP contribution in [0.4, 0.5) is 5.13 Å². The maximum absolute atomic E-state index is 13.3. The molecule has 1 aliphatic heterocycles. The quantitative estimate of drug-likeness (QED) is 0.199. The second kappa shape index (κ2) is 8.09. The zero-order valence-electron chi connectivity index (χ0n) is 18.0. The van der Waals surface area contributed by atoms with Crippen LogP contribution in [-0.2, 0) is 9.59 Å². The van der Waals surface area contributed by atoms with E-state index in [1.54, 1.807) is 6.07 Å².